The molecule has 0 spiro atoms. The summed E-state index contributed by atoms with van der Waals surface area (Å²) in [6.45, 7) is 0. The van der Waals surface area contributed by atoms with Gasteiger partial charge >= 0.3 is 6.18 Å². The van der Waals surface area contributed by atoms with Crippen LogP contribution in [0.1, 0.15) is 5.69 Å². The molecule has 0 atom stereocenters. The maximum atomic E-state index is 12.7. The molecule has 0 radical (unpaired) electrons. The molecule has 0 N–H and O–H groups in total. The van der Waals surface area contributed by atoms with E-state index in [4.69, 9.17) is 0 Å². The fraction of sp³-hybridized carbons (Fsp3) is 0.200. The van der Waals surface area contributed by atoms with Crippen molar-refractivity contribution in [2.45, 2.75) is 11.3 Å². The Bertz CT molecular complexity index is 526. The lowest BCUT2D eigenvalue weighted by molar-refractivity contribution is -0.141. The molecule has 96 valence electrons. The second-order valence-corrected chi connectivity index (χ2v) is 5.80. The Kier molecular flexibility index (Phi) is 4.18. The van der Waals surface area contributed by atoms with Crippen molar-refractivity contribution in [1.82, 2.24) is 9.97 Å². The van der Waals surface area contributed by atoms with Gasteiger partial charge in [0.15, 0.2) is 5.16 Å². The zero-order chi connectivity index (χ0) is 13.2. The zero-order valence-electron chi connectivity index (χ0n) is 8.81. The Balaban J connectivity index is 2.50. The van der Waals surface area contributed by atoms with Crippen LogP contribution < -0.4 is 0 Å². The van der Waals surface area contributed by atoms with Crippen molar-refractivity contribution in [3.8, 4) is 10.6 Å². The van der Waals surface area contributed by atoms with Gasteiger partial charge < -0.3 is 0 Å². The number of hydrogen-bond acceptors (Lipinski definition) is 5. The van der Waals surface area contributed by atoms with Gasteiger partial charge in [-0.3, -0.25) is 0 Å². The molecule has 0 saturated carbocycles. The minimum absolute atomic E-state index is 0.0863. The first-order valence-electron chi connectivity index (χ1n) is 4.74. The number of thiophene rings is 1. The van der Waals surface area contributed by atoms with Crippen molar-refractivity contribution in [2.75, 3.05) is 5.08 Å². The van der Waals surface area contributed by atoms with E-state index in [1.807, 2.05) is 0 Å². The summed E-state index contributed by atoms with van der Waals surface area (Å²) in [6, 6.07) is 4.46. The van der Waals surface area contributed by atoms with Crippen molar-refractivity contribution < 1.29 is 13.2 Å². The van der Waals surface area contributed by atoms with Crippen LogP contribution in [0.25, 0.3) is 10.6 Å². The van der Waals surface area contributed by atoms with Crippen molar-refractivity contribution in [2.24, 2.45) is 0 Å². The standard InChI is InChI=1S/C10H7F3N2S3/c11-10(12,13)8-4-6(7-2-1-3-17-7)14-9(15-8)18-5-16/h1-4,16H,5H2. The number of halogens is 3. The van der Waals surface area contributed by atoms with Crippen LogP contribution in [-0.2, 0) is 6.18 Å². The van der Waals surface area contributed by atoms with E-state index in [9.17, 15) is 13.2 Å². The predicted molar refractivity (Wildman–Crippen MR) is 70.1 cm³/mol. The van der Waals surface area contributed by atoms with Crippen LogP contribution in [0.4, 0.5) is 13.2 Å². The Morgan fingerprint density at radius 1 is 1.33 bits per heavy atom. The van der Waals surface area contributed by atoms with E-state index in [-0.39, 0.29) is 10.9 Å². The van der Waals surface area contributed by atoms with E-state index in [2.05, 4.69) is 22.6 Å². The van der Waals surface area contributed by atoms with E-state index in [0.29, 0.717) is 9.96 Å². The van der Waals surface area contributed by atoms with Crippen molar-refractivity contribution in [3.05, 3.63) is 29.3 Å². The topological polar surface area (TPSA) is 25.8 Å². The summed E-state index contributed by atoms with van der Waals surface area (Å²) in [4.78, 5) is 8.26. The summed E-state index contributed by atoms with van der Waals surface area (Å²) < 4.78 is 38.1. The third-order valence-corrected chi connectivity index (χ3v) is 3.81. The predicted octanol–water partition coefficient (Wildman–Crippen LogP) is 4.20. The highest BCUT2D eigenvalue weighted by Crippen LogP contribution is 2.33. The molecule has 0 aliphatic rings. The van der Waals surface area contributed by atoms with Crippen molar-refractivity contribution in [3.63, 3.8) is 0 Å². The number of hydrogen-bond donors (Lipinski definition) is 1. The zero-order valence-corrected chi connectivity index (χ0v) is 11.3. The molecule has 0 aliphatic heterocycles. The average Bonchev–Trinajstić information content (AvgIpc) is 2.81. The van der Waals surface area contributed by atoms with Crippen LogP contribution in [0.5, 0.6) is 0 Å². The maximum Gasteiger partial charge on any atom is 0.433 e. The number of rotatable bonds is 3. The van der Waals surface area contributed by atoms with Gasteiger partial charge in [-0.05, 0) is 17.5 Å². The molecular weight excluding hydrogens is 301 g/mol. The number of alkyl halides is 3. The van der Waals surface area contributed by atoms with Crippen LogP contribution >= 0.6 is 35.7 Å². The fourth-order valence-corrected chi connectivity index (χ4v) is 2.72. The van der Waals surface area contributed by atoms with Crippen molar-refractivity contribution in [1.29, 1.82) is 0 Å². The fourth-order valence-electron chi connectivity index (χ4n) is 1.24. The van der Waals surface area contributed by atoms with Crippen LogP contribution in [-0.4, -0.2) is 15.1 Å². The Morgan fingerprint density at radius 3 is 2.67 bits per heavy atom. The molecule has 0 aromatic carbocycles. The van der Waals surface area contributed by atoms with Gasteiger partial charge in [-0.2, -0.15) is 25.8 Å². The Morgan fingerprint density at radius 2 is 2.11 bits per heavy atom. The van der Waals surface area contributed by atoms with Gasteiger partial charge in [0.05, 0.1) is 10.6 Å². The smallest absolute Gasteiger partial charge is 0.222 e. The quantitative estimate of drug-likeness (QED) is 0.398. The minimum atomic E-state index is -4.47. The molecule has 18 heavy (non-hydrogen) atoms. The Hall–Kier alpha value is -0.730. The van der Waals surface area contributed by atoms with Crippen LogP contribution in [0.3, 0.4) is 0 Å². The lowest BCUT2D eigenvalue weighted by Crippen LogP contribution is -2.09. The van der Waals surface area contributed by atoms with Gasteiger partial charge in [-0.15, -0.1) is 11.3 Å². The highest BCUT2D eigenvalue weighted by molar-refractivity contribution is 8.09. The van der Waals surface area contributed by atoms with E-state index in [0.717, 1.165) is 17.8 Å². The summed E-state index contributed by atoms with van der Waals surface area (Å²) in [5.41, 5.74) is -0.637. The first-order chi connectivity index (χ1) is 8.50. The third kappa shape index (κ3) is 3.18. The van der Waals surface area contributed by atoms with Crippen molar-refractivity contribution >= 4 is 35.7 Å². The number of thiol groups is 1. The van der Waals surface area contributed by atoms with Crippen LogP contribution in [0.2, 0.25) is 0 Å². The largest absolute Gasteiger partial charge is 0.433 e. The van der Waals surface area contributed by atoms with E-state index in [1.54, 1.807) is 17.5 Å². The van der Waals surface area contributed by atoms with Crippen LogP contribution in [0, 0.1) is 0 Å². The summed E-state index contributed by atoms with van der Waals surface area (Å²) in [7, 11) is 0. The molecule has 0 saturated heterocycles. The number of aromatic nitrogens is 2. The molecule has 0 amide bonds. The summed E-state index contributed by atoms with van der Waals surface area (Å²) in [5.74, 6) is 0. The lowest BCUT2D eigenvalue weighted by Gasteiger charge is -2.08. The summed E-state index contributed by atoms with van der Waals surface area (Å²) in [5, 5.41) is 2.20. The molecule has 2 aromatic rings. The highest BCUT2D eigenvalue weighted by atomic mass is 32.2. The third-order valence-electron chi connectivity index (χ3n) is 1.96. The van der Waals surface area contributed by atoms with Gasteiger partial charge in [0.25, 0.3) is 0 Å². The molecule has 0 bridgehead atoms. The molecule has 2 nitrogen and oxygen atoms in total. The summed E-state index contributed by atoms with van der Waals surface area (Å²) >= 11 is 6.35. The van der Waals surface area contributed by atoms with E-state index < -0.39 is 11.9 Å². The molecule has 2 rings (SSSR count). The molecular formula is C10H7F3N2S3. The van der Waals surface area contributed by atoms with Gasteiger partial charge in [0.1, 0.15) is 5.69 Å². The van der Waals surface area contributed by atoms with Gasteiger partial charge in [0.2, 0.25) is 0 Å². The first-order valence-corrected chi connectivity index (χ1v) is 7.24. The highest BCUT2D eigenvalue weighted by Gasteiger charge is 2.33. The Labute approximate surface area is 115 Å². The van der Waals surface area contributed by atoms with Gasteiger partial charge in [0, 0.05) is 5.08 Å². The lowest BCUT2D eigenvalue weighted by atomic mass is 10.3. The van der Waals surface area contributed by atoms with Gasteiger partial charge in [-0.1, -0.05) is 17.8 Å². The van der Waals surface area contributed by atoms with E-state index in [1.165, 1.54) is 11.3 Å². The second kappa shape index (κ2) is 5.50. The second-order valence-electron chi connectivity index (χ2n) is 3.17. The molecule has 8 heteroatoms. The van der Waals surface area contributed by atoms with Crippen LogP contribution in [0.15, 0.2) is 28.7 Å². The number of thioether (sulfide) groups is 1. The molecule has 2 heterocycles. The average molecular weight is 308 g/mol. The first kappa shape index (κ1) is 13.7. The monoisotopic (exact) mass is 308 g/mol. The summed E-state index contributed by atoms with van der Waals surface area (Å²) in [6.07, 6.45) is -4.47. The molecule has 0 fully saturated rings. The molecule has 0 unspecified atom stereocenters. The molecule has 2 aromatic heterocycles. The maximum absolute atomic E-state index is 12.7. The van der Waals surface area contributed by atoms with E-state index >= 15 is 0 Å². The SMILES string of the molecule is FC(F)(F)c1cc(-c2cccs2)nc(SCS)n1. The minimum Gasteiger partial charge on any atom is -0.222 e. The van der Waals surface area contributed by atoms with Gasteiger partial charge in [-0.25, -0.2) is 9.97 Å². The normalized spacial score (nSPS) is 11.8. The number of nitrogens with zero attached hydrogens (tertiary/aromatic N) is 2. The molecule has 0 aliphatic carbocycles.